The molecule has 1 aromatic heterocycles. The second-order valence-corrected chi connectivity index (χ2v) is 8.79. The molecule has 5 nitrogen and oxygen atoms in total. The summed E-state index contributed by atoms with van der Waals surface area (Å²) in [5, 5.41) is 12.2. The zero-order chi connectivity index (χ0) is 21.7. The summed E-state index contributed by atoms with van der Waals surface area (Å²) in [5.74, 6) is 0.814. The first-order chi connectivity index (χ1) is 14.4. The van der Waals surface area contributed by atoms with Crippen LogP contribution in [0, 0.1) is 20.8 Å². The van der Waals surface area contributed by atoms with Gasteiger partial charge in [0.1, 0.15) is 5.82 Å². The molecular weight excluding hydrogens is 392 g/mol. The fourth-order valence-corrected chi connectivity index (χ4v) is 4.32. The number of hydrogen-bond acceptors (Lipinski definition) is 4. The van der Waals surface area contributed by atoms with Gasteiger partial charge in [-0.1, -0.05) is 65.9 Å². The van der Waals surface area contributed by atoms with E-state index in [9.17, 15) is 4.79 Å². The molecule has 3 rings (SSSR count). The van der Waals surface area contributed by atoms with Gasteiger partial charge in [0.25, 0.3) is 0 Å². The Labute approximate surface area is 182 Å². The van der Waals surface area contributed by atoms with E-state index >= 15 is 0 Å². The Hall–Kier alpha value is -2.86. The summed E-state index contributed by atoms with van der Waals surface area (Å²) in [4.78, 5) is 12.9. The van der Waals surface area contributed by atoms with E-state index in [2.05, 4.69) is 53.3 Å². The zero-order valence-corrected chi connectivity index (χ0v) is 18.8. The summed E-state index contributed by atoms with van der Waals surface area (Å²) in [6.07, 6.45) is 2.51. The monoisotopic (exact) mass is 420 g/mol. The van der Waals surface area contributed by atoms with Gasteiger partial charge in [0.05, 0.1) is 5.25 Å². The molecule has 0 spiro atoms. The Bertz CT molecular complexity index is 1020. The fraction of sp³-hybridized carbons (Fsp3) is 0.292. The quantitative estimate of drug-likeness (QED) is 0.407. The lowest BCUT2D eigenvalue weighted by atomic mass is 10.1. The fourth-order valence-electron chi connectivity index (χ4n) is 3.44. The smallest absolute Gasteiger partial charge is 0.237 e. The number of rotatable bonds is 8. The van der Waals surface area contributed by atoms with Crippen LogP contribution in [0.5, 0.6) is 0 Å². The highest BCUT2D eigenvalue weighted by atomic mass is 32.2. The van der Waals surface area contributed by atoms with Gasteiger partial charge in [-0.15, -0.1) is 16.8 Å². The molecule has 0 fully saturated rings. The molecule has 0 aliphatic rings. The van der Waals surface area contributed by atoms with Crippen LogP contribution in [0.1, 0.15) is 35.0 Å². The normalized spacial score (nSPS) is 11.9. The average Bonchev–Trinajstić information content (AvgIpc) is 3.06. The van der Waals surface area contributed by atoms with E-state index in [1.54, 1.807) is 0 Å². The van der Waals surface area contributed by atoms with Crippen molar-refractivity contribution in [2.24, 2.45) is 0 Å². The number of carbonyl (C=O) groups is 1. The second-order valence-electron chi connectivity index (χ2n) is 7.48. The van der Waals surface area contributed by atoms with Crippen LogP contribution in [0.2, 0.25) is 0 Å². The summed E-state index contributed by atoms with van der Waals surface area (Å²) in [7, 11) is 0. The van der Waals surface area contributed by atoms with Crippen LogP contribution in [0.25, 0.3) is 0 Å². The van der Waals surface area contributed by atoms with Crippen molar-refractivity contribution in [1.29, 1.82) is 0 Å². The van der Waals surface area contributed by atoms with Gasteiger partial charge in [0.15, 0.2) is 5.16 Å². The third-order valence-corrected chi connectivity index (χ3v) is 5.97. The van der Waals surface area contributed by atoms with Crippen molar-refractivity contribution in [1.82, 2.24) is 14.8 Å². The lowest BCUT2D eigenvalue weighted by molar-refractivity contribution is -0.115. The molecule has 0 saturated heterocycles. The number of anilines is 1. The molecular formula is C24H28N4OS. The minimum atomic E-state index is -0.317. The Morgan fingerprint density at radius 3 is 2.47 bits per heavy atom. The van der Waals surface area contributed by atoms with Crippen LogP contribution >= 0.6 is 11.8 Å². The van der Waals surface area contributed by atoms with Crippen LogP contribution in [0.15, 0.2) is 60.3 Å². The van der Waals surface area contributed by atoms with E-state index in [-0.39, 0.29) is 11.2 Å². The highest BCUT2D eigenvalue weighted by Gasteiger charge is 2.21. The largest absolute Gasteiger partial charge is 0.325 e. The number of hydrogen-bond donors (Lipinski definition) is 1. The van der Waals surface area contributed by atoms with E-state index in [0.717, 1.165) is 27.8 Å². The maximum Gasteiger partial charge on any atom is 0.237 e. The SMILES string of the molecule is C=CCn1c(Cc2ccccc2)nnc1SC(C)C(=O)Nc1c(C)cc(C)cc1C. The number of nitrogens with zero attached hydrogens (tertiary/aromatic N) is 3. The van der Waals surface area contributed by atoms with Crippen molar-refractivity contribution in [2.45, 2.75) is 51.1 Å². The van der Waals surface area contributed by atoms with Gasteiger partial charge in [-0.25, -0.2) is 0 Å². The molecule has 0 saturated carbocycles. The first kappa shape index (κ1) is 21.8. The molecule has 1 amide bonds. The van der Waals surface area contributed by atoms with Crippen LogP contribution < -0.4 is 5.32 Å². The third-order valence-electron chi connectivity index (χ3n) is 4.89. The molecule has 1 N–H and O–H groups in total. The molecule has 156 valence electrons. The molecule has 1 unspecified atom stereocenters. The lowest BCUT2D eigenvalue weighted by Crippen LogP contribution is -2.24. The van der Waals surface area contributed by atoms with E-state index in [1.807, 2.05) is 49.6 Å². The third kappa shape index (κ3) is 5.19. The molecule has 3 aromatic rings. The Morgan fingerprint density at radius 1 is 1.17 bits per heavy atom. The van der Waals surface area contributed by atoms with Crippen molar-refractivity contribution in [2.75, 3.05) is 5.32 Å². The summed E-state index contributed by atoms with van der Waals surface area (Å²) in [5.41, 5.74) is 5.38. The van der Waals surface area contributed by atoms with Gasteiger partial charge >= 0.3 is 0 Å². The van der Waals surface area contributed by atoms with Crippen LogP contribution in [0.4, 0.5) is 5.69 Å². The van der Waals surface area contributed by atoms with E-state index in [4.69, 9.17) is 0 Å². The Kier molecular flexibility index (Phi) is 7.11. The number of aryl methyl sites for hydroxylation is 3. The van der Waals surface area contributed by atoms with Gasteiger partial charge < -0.3 is 9.88 Å². The van der Waals surface area contributed by atoms with E-state index in [0.29, 0.717) is 13.0 Å². The first-order valence-corrected chi connectivity index (χ1v) is 10.9. The summed E-state index contributed by atoms with van der Waals surface area (Å²) in [6, 6.07) is 14.3. The molecule has 1 atom stereocenters. The van der Waals surface area contributed by atoms with Crippen molar-refractivity contribution < 1.29 is 4.79 Å². The van der Waals surface area contributed by atoms with Crippen LogP contribution in [-0.2, 0) is 17.8 Å². The molecule has 1 heterocycles. The van der Waals surface area contributed by atoms with Crippen molar-refractivity contribution in [3.05, 3.63) is 83.2 Å². The van der Waals surface area contributed by atoms with Gasteiger partial charge in [0.2, 0.25) is 5.91 Å². The number of thioether (sulfide) groups is 1. The standard InChI is InChI=1S/C24H28N4OS/c1-6-12-28-21(15-20-10-8-7-9-11-20)26-27-24(28)30-19(5)23(29)25-22-17(3)13-16(2)14-18(22)4/h6-11,13-14,19H,1,12,15H2,2-5H3,(H,25,29). The lowest BCUT2D eigenvalue weighted by Gasteiger charge is -2.16. The molecule has 30 heavy (non-hydrogen) atoms. The summed E-state index contributed by atoms with van der Waals surface area (Å²) >= 11 is 1.41. The van der Waals surface area contributed by atoms with E-state index in [1.165, 1.54) is 22.9 Å². The number of carbonyl (C=O) groups excluding carboxylic acids is 1. The molecule has 0 aliphatic heterocycles. The Morgan fingerprint density at radius 2 is 1.83 bits per heavy atom. The maximum absolute atomic E-state index is 12.9. The number of aromatic nitrogens is 3. The van der Waals surface area contributed by atoms with Gasteiger partial charge in [-0.2, -0.15) is 0 Å². The number of benzene rings is 2. The minimum absolute atomic E-state index is 0.0483. The van der Waals surface area contributed by atoms with Gasteiger partial charge in [0, 0.05) is 18.7 Å². The van der Waals surface area contributed by atoms with Crippen molar-refractivity contribution in [3.63, 3.8) is 0 Å². The number of nitrogens with one attached hydrogen (secondary N) is 1. The summed E-state index contributed by atoms with van der Waals surface area (Å²) < 4.78 is 2.02. The topological polar surface area (TPSA) is 59.8 Å². The Balaban J connectivity index is 1.75. The summed E-state index contributed by atoms with van der Waals surface area (Å²) in [6.45, 7) is 12.4. The number of amides is 1. The predicted octanol–water partition coefficient (Wildman–Crippen LogP) is 5.10. The van der Waals surface area contributed by atoms with Crippen LogP contribution in [0.3, 0.4) is 0 Å². The highest BCUT2D eigenvalue weighted by Crippen LogP contribution is 2.27. The molecule has 2 aromatic carbocycles. The predicted molar refractivity (Wildman–Crippen MR) is 124 cm³/mol. The van der Waals surface area contributed by atoms with Crippen molar-refractivity contribution >= 4 is 23.4 Å². The first-order valence-electron chi connectivity index (χ1n) is 10.0. The molecule has 0 radical (unpaired) electrons. The van der Waals surface area contributed by atoms with Crippen molar-refractivity contribution in [3.8, 4) is 0 Å². The zero-order valence-electron chi connectivity index (χ0n) is 18.0. The van der Waals surface area contributed by atoms with Gasteiger partial charge in [-0.05, 0) is 44.4 Å². The number of allylic oxidation sites excluding steroid dienone is 1. The average molecular weight is 421 g/mol. The molecule has 0 bridgehead atoms. The van der Waals surface area contributed by atoms with Gasteiger partial charge in [-0.3, -0.25) is 4.79 Å². The second kappa shape index (κ2) is 9.76. The molecule has 6 heteroatoms. The molecule has 0 aliphatic carbocycles. The van der Waals surface area contributed by atoms with E-state index < -0.39 is 0 Å². The van der Waals surface area contributed by atoms with Crippen LogP contribution in [-0.4, -0.2) is 25.9 Å². The highest BCUT2D eigenvalue weighted by molar-refractivity contribution is 8.00. The minimum Gasteiger partial charge on any atom is -0.325 e. The maximum atomic E-state index is 12.9.